The van der Waals surface area contributed by atoms with Crippen LogP contribution < -0.4 is 16.0 Å². The van der Waals surface area contributed by atoms with Crippen molar-refractivity contribution in [2.24, 2.45) is 0 Å². The van der Waals surface area contributed by atoms with E-state index in [4.69, 9.17) is 13.6 Å². The molecule has 2 aromatic rings. The van der Waals surface area contributed by atoms with Crippen LogP contribution in [0.2, 0.25) is 0 Å². The minimum absolute atomic E-state index is 0.136. The van der Waals surface area contributed by atoms with Gasteiger partial charge < -0.3 is 13.6 Å². The summed E-state index contributed by atoms with van der Waals surface area (Å²) < 4.78 is 17.8. The Bertz CT molecular complexity index is 840. The smallest absolute Gasteiger partial charge is 0.424 e. The third-order valence-electron chi connectivity index (χ3n) is 5.11. The van der Waals surface area contributed by atoms with E-state index < -0.39 is 11.3 Å². The van der Waals surface area contributed by atoms with Crippen molar-refractivity contribution in [2.75, 3.05) is 26.2 Å². The third kappa shape index (κ3) is 3.35. The molecule has 1 saturated carbocycles. The average molecular weight is 349 g/mol. The fourth-order valence-corrected chi connectivity index (χ4v) is 3.77. The van der Waals surface area contributed by atoms with Crippen molar-refractivity contribution in [3.05, 3.63) is 20.8 Å². The minimum atomic E-state index is -1.03. The van der Waals surface area contributed by atoms with Crippen LogP contribution in [0, 0.1) is 0 Å². The van der Waals surface area contributed by atoms with Crippen LogP contribution in [0.5, 0.6) is 5.88 Å². The van der Waals surface area contributed by atoms with Crippen molar-refractivity contribution >= 4 is 11.3 Å². The van der Waals surface area contributed by atoms with E-state index in [1.807, 2.05) is 0 Å². The predicted molar refractivity (Wildman–Crippen MR) is 90.1 cm³/mol. The Hall–Kier alpha value is -2.09. The zero-order valence-corrected chi connectivity index (χ0v) is 14.2. The van der Waals surface area contributed by atoms with Crippen LogP contribution in [0.1, 0.15) is 51.0 Å². The maximum absolute atomic E-state index is 11.6. The van der Waals surface area contributed by atoms with Gasteiger partial charge in [0.15, 0.2) is 0 Å². The number of hydrogen-bond acceptors (Lipinski definition) is 7. The fraction of sp³-hybridized carbons (Fsp3) is 0.706. The molecule has 3 heterocycles. The molecule has 2 fully saturated rings. The molecule has 4 rings (SSSR count). The lowest BCUT2D eigenvalue weighted by Gasteiger charge is -2.21. The number of hydrogen-bond donors (Lipinski definition) is 0. The Kier molecular flexibility index (Phi) is 4.61. The Morgan fingerprint density at radius 1 is 1.00 bits per heavy atom. The first kappa shape index (κ1) is 16.4. The molecule has 136 valence electrons. The normalized spacial score (nSPS) is 19.7. The van der Waals surface area contributed by atoms with Gasteiger partial charge in [-0.25, -0.2) is 14.3 Å². The number of nitrogens with zero attached hydrogens (tertiary/aromatic N) is 3. The summed E-state index contributed by atoms with van der Waals surface area (Å²) in [6.45, 7) is 3.44. The van der Waals surface area contributed by atoms with E-state index in [0.717, 1.165) is 45.3 Å². The summed E-state index contributed by atoms with van der Waals surface area (Å²) >= 11 is 0. The molecular weight excluding hydrogens is 326 g/mol. The topological polar surface area (TPSA) is 90.7 Å². The van der Waals surface area contributed by atoms with Gasteiger partial charge >= 0.3 is 11.3 Å². The van der Waals surface area contributed by atoms with Crippen molar-refractivity contribution in [3.63, 3.8) is 0 Å². The van der Waals surface area contributed by atoms with Crippen LogP contribution in [-0.2, 0) is 0 Å². The van der Waals surface area contributed by atoms with Crippen molar-refractivity contribution in [2.45, 2.75) is 51.0 Å². The molecule has 8 heteroatoms. The first-order chi connectivity index (χ1) is 12.2. The Morgan fingerprint density at radius 2 is 1.72 bits per heavy atom. The highest BCUT2D eigenvalue weighted by Crippen LogP contribution is 2.33. The lowest BCUT2D eigenvalue weighted by atomic mass is 9.96. The van der Waals surface area contributed by atoms with Crippen LogP contribution >= 0.6 is 0 Å². The van der Waals surface area contributed by atoms with Gasteiger partial charge in [0, 0.05) is 6.54 Å². The van der Waals surface area contributed by atoms with Crippen molar-refractivity contribution in [1.82, 2.24) is 14.7 Å². The highest BCUT2D eigenvalue weighted by atomic mass is 16.5. The van der Waals surface area contributed by atoms with E-state index in [9.17, 15) is 9.59 Å². The molecule has 8 nitrogen and oxygen atoms in total. The van der Waals surface area contributed by atoms with Crippen molar-refractivity contribution < 1.29 is 13.6 Å². The van der Waals surface area contributed by atoms with Crippen molar-refractivity contribution in [3.8, 4) is 5.88 Å². The van der Waals surface area contributed by atoms with Crippen LogP contribution in [-0.4, -0.2) is 40.9 Å². The fourth-order valence-electron chi connectivity index (χ4n) is 3.77. The Balaban J connectivity index is 1.61. The monoisotopic (exact) mass is 349 g/mol. The first-order valence-electron chi connectivity index (χ1n) is 9.14. The van der Waals surface area contributed by atoms with Gasteiger partial charge in [0.05, 0.1) is 6.04 Å². The molecular formula is C17H23N3O5. The van der Waals surface area contributed by atoms with Gasteiger partial charge in [0.1, 0.15) is 6.61 Å². The molecule has 2 aromatic heterocycles. The molecule has 1 aliphatic carbocycles. The van der Waals surface area contributed by atoms with Gasteiger partial charge in [-0.1, -0.05) is 19.3 Å². The van der Waals surface area contributed by atoms with Gasteiger partial charge in [-0.2, -0.15) is 0 Å². The molecule has 0 radical (unpaired) electrons. The average Bonchev–Trinajstić information content (AvgIpc) is 3.25. The lowest BCUT2D eigenvalue weighted by molar-refractivity contribution is 0.227. The van der Waals surface area contributed by atoms with Gasteiger partial charge in [0.2, 0.25) is 0 Å². The summed E-state index contributed by atoms with van der Waals surface area (Å²) in [5.74, 6) is 0.237. The summed E-state index contributed by atoms with van der Waals surface area (Å²) in [4.78, 5) is 25.5. The molecule has 0 N–H and O–H groups in total. The molecule has 25 heavy (non-hydrogen) atoms. The maximum atomic E-state index is 11.6. The van der Waals surface area contributed by atoms with Crippen LogP contribution in [0.4, 0.5) is 0 Å². The second kappa shape index (κ2) is 7.03. The summed E-state index contributed by atoms with van der Waals surface area (Å²) in [6, 6.07) is 0.142. The molecule has 0 bridgehead atoms. The predicted octanol–water partition coefficient (Wildman–Crippen LogP) is 1.92. The third-order valence-corrected chi connectivity index (χ3v) is 5.11. The second-order valence-corrected chi connectivity index (χ2v) is 6.85. The summed E-state index contributed by atoms with van der Waals surface area (Å²) in [5, 5.41) is 4.47. The number of fused-ring (bicyclic) bond motifs is 1. The van der Waals surface area contributed by atoms with Gasteiger partial charge in [0.25, 0.3) is 17.2 Å². The molecule has 0 spiro atoms. The van der Waals surface area contributed by atoms with E-state index >= 15 is 0 Å². The zero-order chi connectivity index (χ0) is 17.2. The van der Waals surface area contributed by atoms with Gasteiger partial charge in [-0.15, -0.1) is 5.10 Å². The molecule has 0 amide bonds. The standard InChI is InChI=1S/C17H23N3O5/c21-16-17(22)25-15-13(24-16)14(23-11-10-19-8-4-5-9-19)18-20(15)12-6-2-1-3-7-12/h12H,1-11H2. The summed E-state index contributed by atoms with van der Waals surface area (Å²) in [6.07, 6.45) is 7.79. The lowest BCUT2D eigenvalue weighted by Crippen LogP contribution is -2.25. The Labute approximate surface area is 144 Å². The van der Waals surface area contributed by atoms with E-state index in [1.54, 1.807) is 4.68 Å². The number of aromatic nitrogens is 2. The quantitative estimate of drug-likeness (QED) is 0.762. The first-order valence-corrected chi connectivity index (χ1v) is 9.14. The molecule has 2 aliphatic rings. The maximum Gasteiger partial charge on any atom is 0.424 e. The zero-order valence-electron chi connectivity index (χ0n) is 14.2. The van der Waals surface area contributed by atoms with E-state index in [2.05, 4.69) is 10.00 Å². The van der Waals surface area contributed by atoms with Crippen LogP contribution in [0.15, 0.2) is 18.4 Å². The van der Waals surface area contributed by atoms with Gasteiger partial charge in [-0.3, -0.25) is 4.90 Å². The number of rotatable bonds is 5. The minimum Gasteiger partial charge on any atom is -0.473 e. The summed E-state index contributed by atoms with van der Waals surface area (Å²) in [5.41, 5.74) is -1.70. The van der Waals surface area contributed by atoms with E-state index in [1.165, 1.54) is 19.3 Å². The van der Waals surface area contributed by atoms with E-state index in [0.29, 0.717) is 6.61 Å². The van der Waals surface area contributed by atoms with Gasteiger partial charge in [-0.05, 0) is 38.8 Å². The van der Waals surface area contributed by atoms with Crippen LogP contribution in [0.3, 0.4) is 0 Å². The SMILES string of the molecule is O=c1oc2c(OCCN3CCCC3)nn(C3CCCCC3)c2oc1=O. The second-order valence-electron chi connectivity index (χ2n) is 6.85. The molecule has 0 atom stereocenters. The Morgan fingerprint density at radius 3 is 2.48 bits per heavy atom. The van der Waals surface area contributed by atoms with E-state index in [-0.39, 0.29) is 23.2 Å². The molecule has 1 aliphatic heterocycles. The molecule has 0 aromatic carbocycles. The molecule has 0 unspecified atom stereocenters. The molecule has 1 saturated heterocycles. The highest BCUT2D eigenvalue weighted by molar-refractivity contribution is 5.72. The van der Waals surface area contributed by atoms with Crippen molar-refractivity contribution in [1.29, 1.82) is 0 Å². The number of likely N-dealkylation sites (tertiary alicyclic amines) is 1. The number of ether oxygens (including phenoxy) is 1. The highest BCUT2D eigenvalue weighted by Gasteiger charge is 2.25. The summed E-state index contributed by atoms with van der Waals surface area (Å²) in [7, 11) is 0. The van der Waals surface area contributed by atoms with Crippen LogP contribution in [0.25, 0.3) is 11.3 Å². The largest absolute Gasteiger partial charge is 0.473 e.